The summed E-state index contributed by atoms with van der Waals surface area (Å²) in [5.41, 5.74) is 1.31. The van der Waals surface area contributed by atoms with Crippen LogP contribution in [-0.2, 0) is 4.79 Å². The largest absolute Gasteiger partial charge is 0.391 e. The summed E-state index contributed by atoms with van der Waals surface area (Å²) in [6, 6.07) is 6.99. The van der Waals surface area contributed by atoms with Gasteiger partial charge in [-0.3, -0.25) is 9.59 Å². The van der Waals surface area contributed by atoms with Crippen LogP contribution < -0.4 is 10.2 Å². The predicted molar refractivity (Wildman–Crippen MR) is 83.8 cm³/mol. The Morgan fingerprint density at radius 1 is 1.23 bits per heavy atom. The number of nitrogens with zero attached hydrogens (tertiary/aromatic N) is 1. The number of benzene rings is 1. The minimum absolute atomic E-state index is 0.111. The van der Waals surface area contributed by atoms with Gasteiger partial charge in [-0.05, 0) is 37.5 Å². The first-order chi connectivity index (χ1) is 10.6. The number of rotatable bonds is 3. The second kappa shape index (κ2) is 6.48. The van der Waals surface area contributed by atoms with E-state index in [1.54, 1.807) is 23.1 Å². The van der Waals surface area contributed by atoms with Gasteiger partial charge in [-0.2, -0.15) is 0 Å². The monoisotopic (exact) mass is 302 g/mol. The SMILES string of the molecule is O=C(NC1CCCCC1O)c1cccc(N2CCCC2=O)c1. The van der Waals surface area contributed by atoms with E-state index in [1.807, 2.05) is 6.07 Å². The second-order valence-electron chi connectivity index (χ2n) is 6.13. The van der Waals surface area contributed by atoms with Gasteiger partial charge < -0.3 is 15.3 Å². The highest BCUT2D eigenvalue weighted by Crippen LogP contribution is 2.23. The number of carbonyl (C=O) groups excluding carboxylic acids is 2. The first-order valence-corrected chi connectivity index (χ1v) is 8.04. The molecule has 2 aliphatic rings. The molecule has 1 saturated carbocycles. The summed E-state index contributed by atoms with van der Waals surface area (Å²) in [7, 11) is 0. The Morgan fingerprint density at radius 2 is 2.05 bits per heavy atom. The summed E-state index contributed by atoms with van der Waals surface area (Å²) in [6.07, 6.45) is 4.59. The molecule has 0 radical (unpaired) electrons. The summed E-state index contributed by atoms with van der Waals surface area (Å²) in [6.45, 7) is 0.714. The second-order valence-corrected chi connectivity index (χ2v) is 6.13. The third kappa shape index (κ3) is 3.14. The lowest BCUT2D eigenvalue weighted by Crippen LogP contribution is -2.45. The molecule has 1 aliphatic carbocycles. The lowest BCUT2D eigenvalue weighted by molar-refractivity contribution is -0.117. The van der Waals surface area contributed by atoms with Gasteiger partial charge in [0.25, 0.3) is 5.91 Å². The minimum Gasteiger partial charge on any atom is -0.391 e. The number of carbonyl (C=O) groups is 2. The van der Waals surface area contributed by atoms with Gasteiger partial charge in [0.1, 0.15) is 0 Å². The fourth-order valence-electron chi connectivity index (χ4n) is 3.27. The van der Waals surface area contributed by atoms with Gasteiger partial charge >= 0.3 is 0 Å². The fourth-order valence-corrected chi connectivity index (χ4v) is 3.27. The molecule has 2 amide bonds. The van der Waals surface area contributed by atoms with Gasteiger partial charge in [-0.25, -0.2) is 0 Å². The molecule has 5 heteroatoms. The van der Waals surface area contributed by atoms with Crippen LogP contribution in [0.3, 0.4) is 0 Å². The molecule has 1 heterocycles. The van der Waals surface area contributed by atoms with Crippen molar-refractivity contribution in [3.63, 3.8) is 0 Å². The van der Waals surface area contributed by atoms with E-state index in [0.717, 1.165) is 37.8 Å². The van der Waals surface area contributed by atoms with Crippen molar-refractivity contribution in [2.75, 3.05) is 11.4 Å². The van der Waals surface area contributed by atoms with Crippen LogP contribution in [0.2, 0.25) is 0 Å². The standard InChI is InChI=1S/C17H22N2O3/c20-15-8-2-1-7-14(15)18-17(22)12-5-3-6-13(11-12)19-10-4-9-16(19)21/h3,5-6,11,14-15,20H,1-2,4,7-10H2,(H,18,22). The molecule has 2 atom stereocenters. The number of hydrogen-bond acceptors (Lipinski definition) is 3. The lowest BCUT2D eigenvalue weighted by atomic mass is 9.92. The molecule has 0 bridgehead atoms. The zero-order valence-corrected chi connectivity index (χ0v) is 12.6. The van der Waals surface area contributed by atoms with Gasteiger partial charge in [0.15, 0.2) is 0 Å². The number of hydrogen-bond donors (Lipinski definition) is 2. The van der Waals surface area contributed by atoms with Crippen molar-refractivity contribution >= 4 is 17.5 Å². The first kappa shape index (κ1) is 15.0. The molecule has 22 heavy (non-hydrogen) atoms. The quantitative estimate of drug-likeness (QED) is 0.895. The zero-order chi connectivity index (χ0) is 15.5. The Balaban J connectivity index is 1.71. The van der Waals surface area contributed by atoms with Crippen LogP contribution >= 0.6 is 0 Å². The molecular weight excluding hydrogens is 280 g/mol. The molecule has 1 saturated heterocycles. The molecule has 0 aromatic heterocycles. The van der Waals surface area contributed by atoms with Crippen LogP contribution in [0.25, 0.3) is 0 Å². The predicted octanol–water partition coefficient (Wildman–Crippen LogP) is 1.85. The van der Waals surface area contributed by atoms with Crippen molar-refractivity contribution in [1.29, 1.82) is 0 Å². The molecule has 3 rings (SSSR count). The van der Waals surface area contributed by atoms with Crippen LogP contribution in [0.1, 0.15) is 48.9 Å². The maximum Gasteiger partial charge on any atom is 0.251 e. The van der Waals surface area contributed by atoms with Gasteiger partial charge in [0, 0.05) is 24.2 Å². The smallest absolute Gasteiger partial charge is 0.251 e. The van der Waals surface area contributed by atoms with Crippen LogP contribution in [0.15, 0.2) is 24.3 Å². The normalized spacial score (nSPS) is 25.3. The number of aliphatic hydroxyl groups is 1. The third-order valence-electron chi connectivity index (χ3n) is 4.54. The highest BCUT2D eigenvalue weighted by atomic mass is 16.3. The average molecular weight is 302 g/mol. The minimum atomic E-state index is -0.457. The van der Waals surface area contributed by atoms with E-state index < -0.39 is 6.10 Å². The Bertz CT molecular complexity index is 573. The third-order valence-corrected chi connectivity index (χ3v) is 4.54. The maximum absolute atomic E-state index is 12.4. The molecule has 2 fully saturated rings. The number of aliphatic hydroxyl groups excluding tert-OH is 1. The van der Waals surface area contributed by atoms with E-state index in [-0.39, 0.29) is 17.9 Å². The van der Waals surface area contributed by atoms with Crippen molar-refractivity contribution < 1.29 is 14.7 Å². The molecule has 1 aliphatic heterocycles. The van der Waals surface area contributed by atoms with E-state index >= 15 is 0 Å². The molecular formula is C17H22N2O3. The Labute approximate surface area is 130 Å². The van der Waals surface area contributed by atoms with Gasteiger partial charge in [-0.15, -0.1) is 0 Å². The van der Waals surface area contributed by atoms with E-state index in [0.29, 0.717) is 18.5 Å². The van der Waals surface area contributed by atoms with Crippen molar-refractivity contribution in [2.24, 2.45) is 0 Å². The molecule has 118 valence electrons. The average Bonchev–Trinajstić information content (AvgIpc) is 2.96. The van der Waals surface area contributed by atoms with Gasteiger partial charge in [0.2, 0.25) is 5.91 Å². The molecule has 5 nitrogen and oxygen atoms in total. The van der Waals surface area contributed by atoms with Crippen LogP contribution in [-0.4, -0.2) is 35.6 Å². The van der Waals surface area contributed by atoms with Crippen LogP contribution in [0.4, 0.5) is 5.69 Å². The van der Waals surface area contributed by atoms with Crippen molar-refractivity contribution in [2.45, 2.75) is 50.7 Å². The number of nitrogens with one attached hydrogen (secondary N) is 1. The zero-order valence-electron chi connectivity index (χ0n) is 12.6. The fraction of sp³-hybridized carbons (Fsp3) is 0.529. The van der Waals surface area contributed by atoms with Crippen molar-refractivity contribution in [3.8, 4) is 0 Å². The molecule has 1 aromatic carbocycles. The summed E-state index contributed by atoms with van der Waals surface area (Å²) in [4.78, 5) is 25.9. The molecule has 0 spiro atoms. The Morgan fingerprint density at radius 3 is 2.77 bits per heavy atom. The van der Waals surface area contributed by atoms with Gasteiger partial charge in [0.05, 0.1) is 12.1 Å². The van der Waals surface area contributed by atoms with Crippen molar-refractivity contribution in [1.82, 2.24) is 5.32 Å². The lowest BCUT2D eigenvalue weighted by Gasteiger charge is -2.28. The maximum atomic E-state index is 12.4. The number of anilines is 1. The molecule has 2 unspecified atom stereocenters. The highest BCUT2D eigenvalue weighted by molar-refractivity contribution is 5.99. The Hall–Kier alpha value is -1.88. The van der Waals surface area contributed by atoms with E-state index in [9.17, 15) is 14.7 Å². The Kier molecular flexibility index (Phi) is 4.43. The van der Waals surface area contributed by atoms with E-state index in [4.69, 9.17) is 0 Å². The summed E-state index contributed by atoms with van der Waals surface area (Å²) >= 11 is 0. The van der Waals surface area contributed by atoms with Gasteiger partial charge in [-0.1, -0.05) is 18.9 Å². The highest BCUT2D eigenvalue weighted by Gasteiger charge is 2.26. The first-order valence-electron chi connectivity index (χ1n) is 8.04. The van der Waals surface area contributed by atoms with Crippen LogP contribution in [0.5, 0.6) is 0 Å². The number of amides is 2. The molecule has 1 aromatic rings. The summed E-state index contributed by atoms with van der Waals surface area (Å²) < 4.78 is 0. The van der Waals surface area contributed by atoms with E-state index in [1.165, 1.54) is 0 Å². The molecule has 2 N–H and O–H groups in total. The van der Waals surface area contributed by atoms with Crippen LogP contribution in [0, 0.1) is 0 Å². The van der Waals surface area contributed by atoms with Crippen molar-refractivity contribution in [3.05, 3.63) is 29.8 Å². The summed E-state index contributed by atoms with van der Waals surface area (Å²) in [5, 5.41) is 12.9. The van der Waals surface area contributed by atoms with E-state index in [2.05, 4.69) is 5.32 Å². The topological polar surface area (TPSA) is 69.6 Å². The summed E-state index contributed by atoms with van der Waals surface area (Å²) in [5.74, 6) is -0.0697.